The Morgan fingerprint density at radius 3 is 2.74 bits per heavy atom. The Kier molecular flexibility index (Phi) is 3.39. The molecule has 2 aromatic rings. The lowest BCUT2D eigenvalue weighted by atomic mass is 9.87. The van der Waals surface area contributed by atoms with Crippen LogP contribution in [0.15, 0.2) is 18.3 Å². The average Bonchev–Trinajstić information content (AvgIpc) is 3.10. The van der Waals surface area contributed by atoms with Gasteiger partial charge in [-0.15, -0.1) is 0 Å². The molecule has 1 heterocycles. The molecular formula is C17H20ClN3O2. The van der Waals surface area contributed by atoms with Gasteiger partial charge in [0.25, 0.3) is 0 Å². The first-order valence-electron chi connectivity index (χ1n) is 8.07. The third kappa shape index (κ3) is 2.52. The fourth-order valence-electron chi connectivity index (χ4n) is 4.69. The second-order valence-electron chi connectivity index (χ2n) is 7.11. The summed E-state index contributed by atoms with van der Waals surface area (Å²) in [5.41, 5.74) is 0.872. The molecule has 2 saturated carbocycles. The first-order valence-corrected chi connectivity index (χ1v) is 8.45. The molecule has 5 nitrogen and oxygen atoms in total. The van der Waals surface area contributed by atoms with E-state index in [-0.39, 0.29) is 11.9 Å². The van der Waals surface area contributed by atoms with Crippen LogP contribution in [-0.4, -0.2) is 27.3 Å². The minimum Gasteiger partial charge on any atom is -0.385 e. The van der Waals surface area contributed by atoms with Crippen molar-refractivity contribution in [1.82, 2.24) is 15.5 Å². The number of nitrogens with zero attached hydrogens (tertiary/aromatic N) is 1. The molecule has 23 heavy (non-hydrogen) atoms. The molecule has 1 unspecified atom stereocenters. The third-order valence-corrected chi connectivity index (χ3v) is 5.69. The lowest BCUT2D eigenvalue weighted by molar-refractivity contribution is -0.119. The molecule has 0 radical (unpaired) electrons. The highest BCUT2D eigenvalue weighted by Gasteiger charge is 2.50. The summed E-state index contributed by atoms with van der Waals surface area (Å²) < 4.78 is 0. The second-order valence-corrected chi connectivity index (χ2v) is 7.55. The average molecular weight is 334 g/mol. The van der Waals surface area contributed by atoms with Gasteiger partial charge in [-0.05, 0) is 55.2 Å². The largest absolute Gasteiger partial charge is 0.385 e. The van der Waals surface area contributed by atoms with E-state index in [9.17, 15) is 9.90 Å². The Morgan fingerprint density at radius 1 is 1.39 bits per heavy atom. The van der Waals surface area contributed by atoms with Crippen molar-refractivity contribution in [2.45, 2.75) is 44.2 Å². The standard InChI is InChI=1S/C17H20ClN3O2/c1-9(22)20-13-2-10-6-17(23,7-11(10)3-13)15-4-12(18)5-16-14(15)8-19-21-16/h4-5,8,10-11,13,23H,2-3,6-7H2,1H3,(H,19,21)(H,20,22)/t10-,11+,13?,17+. The molecule has 4 atom stereocenters. The number of hydrogen-bond donors (Lipinski definition) is 3. The van der Waals surface area contributed by atoms with E-state index in [0.717, 1.165) is 29.3 Å². The molecule has 0 bridgehead atoms. The van der Waals surface area contributed by atoms with Gasteiger partial charge in [0.05, 0.1) is 17.3 Å². The van der Waals surface area contributed by atoms with Crippen LogP contribution in [0, 0.1) is 11.8 Å². The Labute approximate surface area is 139 Å². The molecule has 3 N–H and O–H groups in total. The van der Waals surface area contributed by atoms with E-state index >= 15 is 0 Å². The molecule has 0 aliphatic heterocycles. The number of aromatic nitrogens is 2. The Balaban J connectivity index is 1.62. The lowest BCUT2D eigenvalue weighted by Gasteiger charge is -2.26. The minimum atomic E-state index is -0.858. The summed E-state index contributed by atoms with van der Waals surface area (Å²) in [4.78, 5) is 11.2. The second kappa shape index (κ2) is 5.21. The van der Waals surface area contributed by atoms with Crippen molar-refractivity contribution in [2.24, 2.45) is 11.8 Å². The van der Waals surface area contributed by atoms with Crippen LogP contribution in [0.2, 0.25) is 5.02 Å². The van der Waals surface area contributed by atoms with Crippen molar-refractivity contribution in [2.75, 3.05) is 0 Å². The number of nitrogens with one attached hydrogen (secondary N) is 2. The predicted octanol–water partition coefficient (Wildman–Crippen LogP) is 2.73. The highest BCUT2D eigenvalue weighted by Crippen LogP contribution is 2.54. The van der Waals surface area contributed by atoms with Gasteiger partial charge in [-0.3, -0.25) is 9.89 Å². The van der Waals surface area contributed by atoms with E-state index in [1.807, 2.05) is 12.1 Å². The molecule has 2 aliphatic rings. The number of amides is 1. The highest BCUT2D eigenvalue weighted by molar-refractivity contribution is 6.31. The summed E-state index contributed by atoms with van der Waals surface area (Å²) in [5.74, 6) is 0.913. The topological polar surface area (TPSA) is 78.0 Å². The Bertz CT molecular complexity index is 758. The summed E-state index contributed by atoms with van der Waals surface area (Å²) in [6, 6.07) is 3.95. The smallest absolute Gasteiger partial charge is 0.217 e. The monoisotopic (exact) mass is 333 g/mol. The number of rotatable bonds is 2. The molecule has 0 spiro atoms. The zero-order valence-corrected chi connectivity index (χ0v) is 13.7. The van der Waals surface area contributed by atoms with E-state index in [0.29, 0.717) is 29.7 Å². The van der Waals surface area contributed by atoms with Gasteiger partial charge in [-0.25, -0.2) is 0 Å². The van der Waals surface area contributed by atoms with E-state index < -0.39 is 5.60 Å². The van der Waals surface area contributed by atoms with Crippen LogP contribution in [0.3, 0.4) is 0 Å². The van der Waals surface area contributed by atoms with Crippen LogP contribution >= 0.6 is 11.6 Å². The van der Waals surface area contributed by atoms with Crippen LogP contribution in [0.1, 0.15) is 38.2 Å². The van der Waals surface area contributed by atoms with E-state index in [2.05, 4.69) is 15.5 Å². The molecule has 1 aromatic carbocycles. The number of aromatic amines is 1. The lowest BCUT2D eigenvalue weighted by Crippen LogP contribution is -2.32. The normalized spacial score (nSPS) is 33.1. The number of carbonyl (C=O) groups excluding carboxylic acids is 1. The fraction of sp³-hybridized carbons (Fsp3) is 0.529. The van der Waals surface area contributed by atoms with E-state index in [1.54, 1.807) is 13.1 Å². The van der Waals surface area contributed by atoms with Crippen molar-refractivity contribution in [1.29, 1.82) is 0 Å². The van der Waals surface area contributed by atoms with Crippen molar-refractivity contribution >= 4 is 28.4 Å². The Hall–Kier alpha value is -1.59. The number of aliphatic hydroxyl groups is 1. The van der Waals surface area contributed by atoms with Crippen LogP contribution in [0.4, 0.5) is 0 Å². The van der Waals surface area contributed by atoms with Crippen LogP contribution in [0.5, 0.6) is 0 Å². The minimum absolute atomic E-state index is 0.0279. The molecule has 2 aliphatic carbocycles. The van der Waals surface area contributed by atoms with Crippen molar-refractivity contribution in [3.8, 4) is 0 Å². The molecule has 4 rings (SSSR count). The molecular weight excluding hydrogens is 314 g/mol. The van der Waals surface area contributed by atoms with Gasteiger partial charge in [0, 0.05) is 23.4 Å². The van der Waals surface area contributed by atoms with Gasteiger partial charge >= 0.3 is 0 Å². The quantitative estimate of drug-likeness (QED) is 0.790. The zero-order chi connectivity index (χ0) is 16.2. The predicted molar refractivity (Wildman–Crippen MR) is 88.1 cm³/mol. The zero-order valence-electron chi connectivity index (χ0n) is 13.0. The van der Waals surface area contributed by atoms with Gasteiger partial charge in [0.1, 0.15) is 0 Å². The van der Waals surface area contributed by atoms with Gasteiger partial charge in [0.2, 0.25) is 5.91 Å². The number of hydrogen-bond acceptors (Lipinski definition) is 3. The maximum Gasteiger partial charge on any atom is 0.217 e. The SMILES string of the molecule is CC(=O)NC1C[C@@H]2C[C@@](O)(c3cc(Cl)cc4[nH]ncc34)C[C@@H]2C1. The highest BCUT2D eigenvalue weighted by atomic mass is 35.5. The third-order valence-electron chi connectivity index (χ3n) is 5.47. The molecule has 2 fully saturated rings. The molecule has 6 heteroatoms. The number of benzene rings is 1. The van der Waals surface area contributed by atoms with Crippen molar-refractivity contribution in [3.05, 3.63) is 28.9 Å². The summed E-state index contributed by atoms with van der Waals surface area (Å²) in [7, 11) is 0. The number of fused-ring (bicyclic) bond motifs is 2. The number of carbonyl (C=O) groups is 1. The molecule has 1 aromatic heterocycles. The van der Waals surface area contributed by atoms with Gasteiger partial charge in [-0.1, -0.05) is 11.6 Å². The van der Waals surface area contributed by atoms with Crippen molar-refractivity contribution in [3.63, 3.8) is 0 Å². The molecule has 0 saturated heterocycles. The first-order chi connectivity index (χ1) is 10.9. The van der Waals surface area contributed by atoms with E-state index in [4.69, 9.17) is 11.6 Å². The van der Waals surface area contributed by atoms with Crippen LogP contribution in [0.25, 0.3) is 10.9 Å². The molecule has 122 valence electrons. The number of halogens is 1. The van der Waals surface area contributed by atoms with E-state index in [1.165, 1.54) is 0 Å². The van der Waals surface area contributed by atoms with Gasteiger partial charge in [0.15, 0.2) is 0 Å². The summed E-state index contributed by atoms with van der Waals surface area (Å²) in [6.45, 7) is 1.56. The van der Waals surface area contributed by atoms with Crippen LogP contribution < -0.4 is 5.32 Å². The maximum absolute atomic E-state index is 11.3. The first kappa shape index (κ1) is 15.0. The van der Waals surface area contributed by atoms with Crippen LogP contribution in [-0.2, 0) is 10.4 Å². The molecule has 1 amide bonds. The summed E-state index contributed by atoms with van der Waals surface area (Å²) in [6.07, 6.45) is 5.08. The summed E-state index contributed by atoms with van der Waals surface area (Å²) >= 11 is 6.22. The Morgan fingerprint density at radius 2 is 2.09 bits per heavy atom. The van der Waals surface area contributed by atoms with Gasteiger partial charge in [-0.2, -0.15) is 5.10 Å². The fourth-order valence-corrected chi connectivity index (χ4v) is 4.91. The van der Waals surface area contributed by atoms with Crippen molar-refractivity contribution < 1.29 is 9.90 Å². The summed E-state index contributed by atoms with van der Waals surface area (Å²) in [5, 5.41) is 22.9. The maximum atomic E-state index is 11.3. The number of H-pyrrole nitrogens is 1. The van der Waals surface area contributed by atoms with Gasteiger partial charge < -0.3 is 10.4 Å².